The Bertz CT molecular complexity index is 879. The molecule has 0 aliphatic carbocycles. The number of thioether (sulfide) groups is 1. The van der Waals surface area contributed by atoms with Crippen LogP contribution in [-0.2, 0) is 6.54 Å². The molecule has 0 atom stereocenters. The minimum atomic E-state index is 0.441. The number of rotatable bonds is 5. The lowest BCUT2D eigenvalue weighted by molar-refractivity contribution is 0.687. The fourth-order valence-corrected chi connectivity index (χ4v) is 2.75. The smallest absolute Gasteiger partial charge is 0.153 e. The summed E-state index contributed by atoms with van der Waals surface area (Å²) in [7, 11) is 0. The standard InChI is InChI=1S/C17H16N6S/c1-12-3-5-13(6-4-12)9-23-10-14(8-21-23)22-16-15(7-18)17(24-2)20-11-19-16/h3-6,8,10-11H,9H2,1-2H3,(H,19,20,22). The highest BCUT2D eigenvalue weighted by Gasteiger charge is 2.11. The number of benzene rings is 1. The average Bonchev–Trinajstić information content (AvgIpc) is 3.03. The van der Waals surface area contributed by atoms with Gasteiger partial charge in [0.1, 0.15) is 23.0 Å². The summed E-state index contributed by atoms with van der Waals surface area (Å²) in [6.07, 6.45) is 6.94. The molecule has 0 saturated heterocycles. The lowest BCUT2D eigenvalue weighted by Gasteiger charge is -2.06. The van der Waals surface area contributed by atoms with Crippen LogP contribution in [0.3, 0.4) is 0 Å². The van der Waals surface area contributed by atoms with Gasteiger partial charge in [0.05, 0.1) is 18.4 Å². The Morgan fingerprint density at radius 1 is 1.25 bits per heavy atom. The SMILES string of the molecule is CSc1ncnc(Nc2cnn(Cc3ccc(C)cc3)c2)c1C#N. The van der Waals surface area contributed by atoms with E-state index in [4.69, 9.17) is 0 Å². The quantitative estimate of drug-likeness (QED) is 0.568. The Morgan fingerprint density at radius 3 is 2.75 bits per heavy atom. The highest BCUT2D eigenvalue weighted by Crippen LogP contribution is 2.24. The van der Waals surface area contributed by atoms with Gasteiger partial charge >= 0.3 is 0 Å². The number of nitriles is 1. The van der Waals surface area contributed by atoms with Gasteiger partial charge in [-0.15, -0.1) is 11.8 Å². The number of aromatic nitrogens is 4. The van der Waals surface area contributed by atoms with Gasteiger partial charge in [0.25, 0.3) is 0 Å². The monoisotopic (exact) mass is 336 g/mol. The van der Waals surface area contributed by atoms with Gasteiger partial charge in [0, 0.05) is 6.20 Å². The van der Waals surface area contributed by atoms with Gasteiger partial charge in [-0.1, -0.05) is 29.8 Å². The van der Waals surface area contributed by atoms with Gasteiger partial charge in [-0.05, 0) is 18.7 Å². The molecule has 24 heavy (non-hydrogen) atoms. The van der Waals surface area contributed by atoms with Crippen LogP contribution in [0.25, 0.3) is 0 Å². The first-order valence-corrected chi connectivity index (χ1v) is 8.56. The molecule has 0 spiro atoms. The van der Waals surface area contributed by atoms with E-state index < -0.39 is 0 Å². The van der Waals surface area contributed by atoms with Crippen LogP contribution in [0.5, 0.6) is 0 Å². The summed E-state index contributed by atoms with van der Waals surface area (Å²) >= 11 is 1.42. The molecule has 7 heteroatoms. The van der Waals surface area contributed by atoms with E-state index in [9.17, 15) is 5.26 Å². The van der Waals surface area contributed by atoms with Gasteiger partial charge in [0.2, 0.25) is 0 Å². The summed E-state index contributed by atoms with van der Waals surface area (Å²) in [5.74, 6) is 0.492. The predicted molar refractivity (Wildman–Crippen MR) is 94.3 cm³/mol. The number of hydrogen-bond donors (Lipinski definition) is 1. The minimum Gasteiger partial charge on any atom is -0.336 e. The van der Waals surface area contributed by atoms with Gasteiger partial charge in [0.15, 0.2) is 5.82 Å². The third kappa shape index (κ3) is 3.55. The summed E-state index contributed by atoms with van der Waals surface area (Å²) in [6, 6.07) is 10.5. The van der Waals surface area contributed by atoms with Crippen LogP contribution in [0.1, 0.15) is 16.7 Å². The van der Waals surface area contributed by atoms with E-state index >= 15 is 0 Å². The lowest BCUT2D eigenvalue weighted by Crippen LogP contribution is -2.01. The van der Waals surface area contributed by atoms with Gasteiger partial charge < -0.3 is 5.32 Å². The van der Waals surface area contributed by atoms with Crippen LogP contribution in [0.15, 0.2) is 48.0 Å². The van der Waals surface area contributed by atoms with Crippen LogP contribution >= 0.6 is 11.8 Å². The molecule has 0 unspecified atom stereocenters. The van der Waals surface area contributed by atoms with Crippen molar-refractivity contribution in [2.75, 3.05) is 11.6 Å². The van der Waals surface area contributed by atoms with Crippen molar-refractivity contribution in [3.63, 3.8) is 0 Å². The average molecular weight is 336 g/mol. The molecule has 2 heterocycles. The Morgan fingerprint density at radius 2 is 2.04 bits per heavy atom. The molecule has 2 aromatic heterocycles. The van der Waals surface area contributed by atoms with E-state index in [0.29, 0.717) is 23.0 Å². The van der Waals surface area contributed by atoms with Crippen molar-refractivity contribution in [2.45, 2.75) is 18.5 Å². The Labute approximate surface area is 144 Å². The van der Waals surface area contributed by atoms with Crippen LogP contribution in [-0.4, -0.2) is 26.0 Å². The zero-order chi connectivity index (χ0) is 16.9. The number of nitrogens with zero attached hydrogens (tertiary/aromatic N) is 5. The summed E-state index contributed by atoms with van der Waals surface area (Å²) in [6.45, 7) is 2.75. The maximum atomic E-state index is 9.33. The molecule has 0 saturated carbocycles. The highest BCUT2D eigenvalue weighted by molar-refractivity contribution is 7.98. The maximum absolute atomic E-state index is 9.33. The van der Waals surface area contributed by atoms with Crippen molar-refractivity contribution >= 4 is 23.3 Å². The fourth-order valence-electron chi connectivity index (χ4n) is 2.25. The summed E-state index contributed by atoms with van der Waals surface area (Å²) < 4.78 is 1.84. The second kappa shape index (κ2) is 7.15. The zero-order valence-corrected chi connectivity index (χ0v) is 14.2. The number of nitrogens with one attached hydrogen (secondary N) is 1. The van der Waals surface area contributed by atoms with E-state index in [1.165, 1.54) is 29.2 Å². The third-order valence-electron chi connectivity index (χ3n) is 3.48. The van der Waals surface area contributed by atoms with E-state index in [1.807, 2.05) is 17.1 Å². The Kier molecular flexibility index (Phi) is 4.77. The van der Waals surface area contributed by atoms with Crippen LogP contribution in [0.2, 0.25) is 0 Å². The molecule has 0 aliphatic heterocycles. The van der Waals surface area contributed by atoms with Crippen LogP contribution in [0, 0.1) is 18.3 Å². The molecule has 0 bridgehead atoms. The van der Waals surface area contributed by atoms with E-state index in [-0.39, 0.29) is 0 Å². The Hall–Kier alpha value is -2.85. The van der Waals surface area contributed by atoms with Crippen molar-refractivity contribution < 1.29 is 0 Å². The molecular formula is C17H16N6S. The molecule has 0 aliphatic rings. The molecule has 1 N–H and O–H groups in total. The first-order chi connectivity index (χ1) is 11.7. The normalized spacial score (nSPS) is 10.4. The van der Waals surface area contributed by atoms with E-state index in [2.05, 4.69) is 57.6 Å². The van der Waals surface area contributed by atoms with E-state index in [1.54, 1.807) is 6.20 Å². The maximum Gasteiger partial charge on any atom is 0.153 e. The zero-order valence-electron chi connectivity index (χ0n) is 13.4. The van der Waals surface area contributed by atoms with Crippen molar-refractivity contribution in [1.29, 1.82) is 5.26 Å². The molecule has 6 nitrogen and oxygen atoms in total. The van der Waals surface area contributed by atoms with Crippen LogP contribution in [0.4, 0.5) is 11.5 Å². The molecule has 3 aromatic rings. The largest absolute Gasteiger partial charge is 0.336 e. The molecular weight excluding hydrogens is 320 g/mol. The van der Waals surface area contributed by atoms with Gasteiger partial charge in [-0.3, -0.25) is 4.68 Å². The van der Waals surface area contributed by atoms with Crippen molar-refractivity contribution in [3.8, 4) is 6.07 Å². The first-order valence-electron chi connectivity index (χ1n) is 7.33. The summed E-state index contributed by atoms with van der Waals surface area (Å²) in [4.78, 5) is 8.27. The molecule has 0 amide bonds. The topological polar surface area (TPSA) is 79.4 Å². The molecule has 120 valence electrons. The second-order valence-electron chi connectivity index (χ2n) is 5.26. The Balaban J connectivity index is 1.77. The molecule has 0 fully saturated rings. The minimum absolute atomic E-state index is 0.441. The third-order valence-corrected chi connectivity index (χ3v) is 4.18. The van der Waals surface area contributed by atoms with Crippen molar-refractivity contribution in [2.24, 2.45) is 0 Å². The molecule has 1 aromatic carbocycles. The molecule has 3 rings (SSSR count). The molecule has 0 radical (unpaired) electrons. The second-order valence-corrected chi connectivity index (χ2v) is 6.05. The summed E-state index contributed by atoms with van der Waals surface area (Å²) in [5.41, 5.74) is 3.64. The van der Waals surface area contributed by atoms with E-state index in [0.717, 1.165) is 5.69 Å². The van der Waals surface area contributed by atoms with Gasteiger partial charge in [-0.2, -0.15) is 10.4 Å². The number of aryl methyl sites for hydroxylation is 1. The number of hydrogen-bond acceptors (Lipinski definition) is 6. The predicted octanol–water partition coefficient (Wildman–Crippen LogP) is 3.37. The lowest BCUT2D eigenvalue weighted by atomic mass is 10.1. The highest BCUT2D eigenvalue weighted by atomic mass is 32.2. The van der Waals surface area contributed by atoms with Crippen molar-refractivity contribution in [3.05, 3.63) is 59.7 Å². The number of anilines is 2. The van der Waals surface area contributed by atoms with Crippen molar-refractivity contribution in [1.82, 2.24) is 19.7 Å². The fraction of sp³-hybridized carbons (Fsp3) is 0.176. The van der Waals surface area contributed by atoms with Gasteiger partial charge in [-0.25, -0.2) is 9.97 Å². The van der Waals surface area contributed by atoms with Crippen LogP contribution < -0.4 is 5.32 Å². The first kappa shape index (κ1) is 16.0. The summed E-state index contributed by atoms with van der Waals surface area (Å²) in [5, 5.41) is 17.5.